The fourth-order valence-corrected chi connectivity index (χ4v) is 9.48. The number of phenolic OH excluding ortho intramolecular Hbond substituents is 1. The highest BCUT2D eigenvalue weighted by molar-refractivity contribution is 14.1. The number of rotatable bonds is 7. The number of alkyl halides is 1. The zero-order valence-corrected chi connectivity index (χ0v) is 39.2. The number of carbonyl (C=O) groups excluding carboxylic acids is 6. The number of hydrogen-bond donors (Lipinski definition) is 3. The molecule has 3 N–H and O–H groups in total. The van der Waals surface area contributed by atoms with Crippen LogP contribution in [0.1, 0.15) is 99.0 Å². The number of ether oxygens (including phenoxy) is 6. The molecule has 332 valence electrons. The molecule has 17 heteroatoms. The van der Waals surface area contributed by atoms with E-state index in [0.29, 0.717) is 0 Å². The molecule has 0 aromatic heterocycles. The van der Waals surface area contributed by atoms with Crippen LogP contribution in [-0.2, 0) is 38.1 Å². The Balaban J connectivity index is 1.66. The van der Waals surface area contributed by atoms with Crippen molar-refractivity contribution in [3.63, 3.8) is 0 Å². The average molecular weight is 979 g/mol. The Morgan fingerprint density at radius 3 is 2.26 bits per heavy atom. The molecule has 2 amide bonds. The van der Waals surface area contributed by atoms with Gasteiger partial charge >= 0.3 is 11.8 Å². The summed E-state index contributed by atoms with van der Waals surface area (Å²) in [6, 6.07) is 0. The van der Waals surface area contributed by atoms with Crippen molar-refractivity contribution in [1.82, 2.24) is 10.6 Å². The van der Waals surface area contributed by atoms with Gasteiger partial charge in [0.05, 0.1) is 50.6 Å². The van der Waals surface area contributed by atoms with Crippen LogP contribution >= 0.6 is 34.4 Å². The normalized spacial score (nSPS) is 31.7. The van der Waals surface area contributed by atoms with E-state index in [1.165, 1.54) is 34.1 Å². The fourth-order valence-electron chi connectivity index (χ4n) is 8.28. The van der Waals surface area contributed by atoms with Crippen LogP contribution in [0.4, 0.5) is 0 Å². The standard InChI is InChI=1S/C44H55IN2O13S/c1-20-13-12-14-21(2)42(54)47-32-34(51)30-29(35(52)40(32)61-18-16-46-28(49)19-45)31-39(23(4)33(30)50)60-44(10,41(31)53)56-17-15-27(55-11)22(3)37(57-26(7)48)25(6)38-24(5)36(20)58-43(8,9)59-38/h12-15,17,20,22,24-25,27,36-38,50H,16,18-19H2,1-11H3,(H,46,49)(H,47,54)/b13-12-,17-15?,21-14-/t20-,22+,24+,25-,27-,36-,37+,38+,44-/m0/s1. The number of nitrogens with one attached hydrogen (secondary N) is 2. The number of Topliss-reactive ketones (excluding diaryl/α,β-unsaturated/α-hetero) is 3. The number of fused-ring (bicyclic) bond motifs is 10. The van der Waals surface area contributed by atoms with Gasteiger partial charge in [0.2, 0.25) is 17.5 Å². The van der Waals surface area contributed by atoms with Crippen LogP contribution in [0.5, 0.6) is 11.5 Å². The van der Waals surface area contributed by atoms with Gasteiger partial charge in [-0.2, -0.15) is 0 Å². The lowest BCUT2D eigenvalue weighted by molar-refractivity contribution is -0.336. The van der Waals surface area contributed by atoms with Gasteiger partial charge < -0.3 is 44.2 Å². The van der Waals surface area contributed by atoms with E-state index in [9.17, 15) is 33.9 Å². The van der Waals surface area contributed by atoms with E-state index in [-0.39, 0.29) is 79.5 Å². The summed E-state index contributed by atoms with van der Waals surface area (Å²) in [5, 5.41) is 16.8. The van der Waals surface area contributed by atoms with Crippen LogP contribution in [0.2, 0.25) is 0 Å². The van der Waals surface area contributed by atoms with E-state index in [0.717, 1.165) is 11.8 Å². The number of esters is 1. The van der Waals surface area contributed by atoms with Gasteiger partial charge in [-0.15, -0.1) is 11.8 Å². The number of thioether (sulfide) groups is 1. The molecule has 1 aromatic rings. The van der Waals surface area contributed by atoms with Crippen molar-refractivity contribution in [2.75, 3.05) is 23.8 Å². The van der Waals surface area contributed by atoms with E-state index < -0.39 is 81.9 Å². The number of benzene rings is 1. The molecule has 9 atom stereocenters. The van der Waals surface area contributed by atoms with E-state index in [4.69, 9.17) is 28.4 Å². The van der Waals surface area contributed by atoms with E-state index in [2.05, 4.69) is 10.6 Å². The number of halogens is 1. The summed E-state index contributed by atoms with van der Waals surface area (Å²) in [7, 11) is 1.49. The van der Waals surface area contributed by atoms with Crippen LogP contribution in [0.15, 0.2) is 46.7 Å². The Morgan fingerprint density at radius 1 is 0.951 bits per heavy atom. The van der Waals surface area contributed by atoms with Crippen molar-refractivity contribution in [2.24, 2.45) is 23.7 Å². The molecule has 7 bridgehead atoms. The smallest absolute Gasteiger partial charge is 0.312 e. The third kappa shape index (κ3) is 9.80. The van der Waals surface area contributed by atoms with Crippen molar-refractivity contribution < 1.29 is 62.3 Å². The molecule has 0 unspecified atom stereocenters. The number of methoxy groups -OCH3 is 1. The number of allylic oxidation sites excluding steroid dienone is 4. The minimum atomic E-state index is -2.07. The summed E-state index contributed by atoms with van der Waals surface area (Å²) in [5.74, 6) is -8.93. The molecule has 1 fully saturated rings. The first-order valence-corrected chi connectivity index (χ1v) is 22.6. The highest BCUT2D eigenvalue weighted by atomic mass is 127. The molecule has 61 heavy (non-hydrogen) atoms. The monoisotopic (exact) mass is 978 g/mol. The molecule has 5 aliphatic rings. The van der Waals surface area contributed by atoms with Crippen LogP contribution < -0.4 is 15.4 Å². The Hall–Kier alpha value is -4.04. The van der Waals surface area contributed by atoms with Gasteiger partial charge in [-0.25, -0.2) is 0 Å². The molecule has 0 saturated carbocycles. The maximum Gasteiger partial charge on any atom is 0.312 e. The van der Waals surface area contributed by atoms with E-state index in [1.807, 2.05) is 70.2 Å². The largest absolute Gasteiger partial charge is 0.507 e. The summed E-state index contributed by atoms with van der Waals surface area (Å²) in [6.45, 7) is 17.2. The molecule has 6 rings (SSSR count). The van der Waals surface area contributed by atoms with Crippen molar-refractivity contribution in [2.45, 2.75) is 105 Å². The lowest BCUT2D eigenvalue weighted by Gasteiger charge is -2.50. The fraction of sp³-hybridized carbons (Fsp3) is 0.545. The first-order valence-electron chi connectivity index (χ1n) is 20.1. The second kappa shape index (κ2) is 19.1. The van der Waals surface area contributed by atoms with Crippen molar-refractivity contribution in [3.05, 3.63) is 69.0 Å². The zero-order valence-electron chi connectivity index (χ0n) is 36.3. The van der Waals surface area contributed by atoms with Crippen molar-refractivity contribution in [1.29, 1.82) is 0 Å². The van der Waals surface area contributed by atoms with E-state index >= 15 is 0 Å². The minimum Gasteiger partial charge on any atom is -0.507 e. The maximum absolute atomic E-state index is 14.6. The highest BCUT2D eigenvalue weighted by Gasteiger charge is 2.53. The Morgan fingerprint density at radius 2 is 1.62 bits per heavy atom. The van der Waals surface area contributed by atoms with Crippen LogP contribution in [0, 0.1) is 30.6 Å². The molecule has 0 radical (unpaired) electrons. The van der Waals surface area contributed by atoms with Gasteiger partial charge in [0.25, 0.3) is 11.7 Å². The molecule has 4 aliphatic heterocycles. The number of aromatic hydroxyl groups is 1. The van der Waals surface area contributed by atoms with Crippen LogP contribution in [0.3, 0.4) is 0 Å². The van der Waals surface area contributed by atoms with Crippen molar-refractivity contribution in [3.8, 4) is 11.5 Å². The molecule has 4 heterocycles. The van der Waals surface area contributed by atoms with Gasteiger partial charge in [0.15, 0.2) is 5.79 Å². The van der Waals surface area contributed by atoms with Crippen LogP contribution in [0.25, 0.3) is 0 Å². The highest BCUT2D eigenvalue weighted by Crippen LogP contribution is 2.50. The van der Waals surface area contributed by atoms with E-state index in [1.54, 1.807) is 25.2 Å². The summed E-state index contributed by atoms with van der Waals surface area (Å²) in [6.07, 6.45) is 5.67. The third-order valence-corrected chi connectivity index (χ3v) is 13.2. The molecular formula is C44H55IN2O13S. The quantitative estimate of drug-likeness (QED) is 0.124. The third-order valence-electron chi connectivity index (χ3n) is 11.5. The summed E-state index contributed by atoms with van der Waals surface area (Å²) >= 11 is 2.83. The number of hydrogen-bond acceptors (Lipinski definition) is 14. The number of carbonyl (C=O) groups is 6. The number of amides is 2. The molecule has 1 saturated heterocycles. The Kier molecular flexibility index (Phi) is 15.1. The predicted octanol–water partition coefficient (Wildman–Crippen LogP) is 6.04. The summed E-state index contributed by atoms with van der Waals surface area (Å²) in [5.41, 5.74) is -1.32. The maximum atomic E-state index is 14.6. The molecular weight excluding hydrogens is 923 g/mol. The second-order valence-electron chi connectivity index (χ2n) is 16.4. The first-order chi connectivity index (χ1) is 28.6. The SMILES string of the molecule is CO[C@H]1C=CO[C@@]2(C)Oc3c(C)c(O)c4c(c3C2=O)C(=O)C(SCCNC(=O)CI)=C(NC(=O)/C(C)=C\C=C/[C@H](C)[C@@H]2OC(C)(C)O[C@@H]([C@@H](C)[C@H](OC(C)=O)[C@@H]1C)[C@@H]2C)C4=O. The van der Waals surface area contributed by atoms with Gasteiger partial charge in [-0.1, -0.05) is 68.5 Å². The predicted molar refractivity (Wildman–Crippen MR) is 234 cm³/mol. The molecule has 1 aromatic carbocycles. The summed E-state index contributed by atoms with van der Waals surface area (Å²) in [4.78, 5) is 81.6. The first kappa shape index (κ1) is 48.0. The summed E-state index contributed by atoms with van der Waals surface area (Å²) < 4.78 is 37.2. The zero-order chi connectivity index (χ0) is 45.3. The van der Waals surface area contributed by atoms with Gasteiger partial charge in [0, 0.05) is 68.1 Å². The number of ketones is 3. The molecule has 0 spiro atoms. The van der Waals surface area contributed by atoms with Crippen molar-refractivity contribution >= 4 is 69.5 Å². The Labute approximate surface area is 373 Å². The average Bonchev–Trinajstić information content (AvgIpc) is 3.47. The van der Waals surface area contributed by atoms with Gasteiger partial charge in [-0.3, -0.25) is 28.8 Å². The minimum absolute atomic E-state index is 0.000812. The number of phenols is 1. The topological polar surface area (TPSA) is 202 Å². The lowest BCUT2D eigenvalue weighted by Crippen LogP contribution is -2.56. The lowest BCUT2D eigenvalue weighted by atomic mass is 9.77. The van der Waals surface area contributed by atoms with Gasteiger partial charge in [0.1, 0.15) is 23.3 Å². The molecule has 1 aliphatic carbocycles. The second-order valence-corrected chi connectivity index (χ2v) is 18.3. The van der Waals surface area contributed by atoms with Crippen LogP contribution in [-0.4, -0.2) is 100 Å². The molecule has 15 nitrogen and oxygen atoms in total. The van der Waals surface area contributed by atoms with Gasteiger partial charge in [-0.05, 0) is 33.8 Å². The Bertz CT molecular complexity index is 2110.